The van der Waals surface area contributed by atoms with Gasteiger partial charge in [-0.15, -0.1) is 0 Å². The highest BCUT2D eigenvalue weighted by Crippen LogP contribution is 2.20. The Morgan fingerprint density at radius 2 is 2.00 bits per heavy atom. The number of hydrogen-bond acceptors (Lipinski definition) is 6. The largest absolute Gasteiger partial charge is 0.363 e. The van der Waals surface area contributed by atoms with Crippen molar-refractivity contribution in [1.29, 1.82) is 5.26 Å². The first kappa shape index (κ1) is 17.5. The topological polar surface area (TPSA) is 98.6 Å². The second-order valence-corrected chi connectivity index (χ2v) is 5.95. The van der Waals surface area contributed by atoms with Gasteiger partial charge in [-0.05, 0) is 55.9 Å². The molecule has 0 unspecified atom stereocenters. The number of hydrogen-bond donors (Lipinski definition) is 3. The smallest absolute Gasteiger partial charge is 0.182 e. The molecule has 3 aromatic rings. The van der Waals surface area contributed by atoms with Crippen LogP contribution < -0.4 is 16.0 Å². The molecule has 0 spiro atoms. The fraction of sp³-hybridized carbons (Fsp3) is 0.167. The Bertz CT molecular complexity index is 1010. The number of pyridine rings is 1. The lowest BCUT2D eigenvalue weighted by Crippen LogP contribution is -2.28. The molecular formula is C18H17N7S. The summed E-state index contributed by atoms with van der Waals surface area (Å²) in [4.78, 5) is 13.3. The normalized spacial score (nSPS) is 10.2. The molecule has 3 N–H and O–H groups in total. The highest BCUT2D eigenvalue weighted by atomic mass is 32.1. The molecule has 0 saturated carbocycles. The van der Waals surface area contributed by atoms with Gasteiger partial charge in [0.2, 0.25) is 0 Å². The fourth-order valence-corrected chi connectivity index (χ4v) is 2.57. The van der Waals surface area contributed by atoms with Crippen molar-refractivity contribution in [3.05, 3.63) is 47.7 Å². The first-order valence-electron chi connectivity index (χ1n) is 8.05. The van der Waals surface area contributed by atoms with Gasteiger partial charge in [0, 0.05) is 12.2 Å². The molecule has 0 atom stereocenters. The van der Waals surface area contributed by atoms with Crippen molar-refractivity contribution in [2.75, 3.05) is 17.2 Å². The molecular weight excluding hydrogens is 346 g/mol. The van der Waals surface area contributed by atoms with E-state index < -0.39 is 0 Å². The molecule has 0 saturated heterocycles. The van der Waals surface area contributed by atoms with Gasteiger partial charge >= 0.3 is 0 Å². The Balaban J connectivity index is 1.86. The van der Waals surface area contributed by atoms with Crippen molar-refractivity contribution in [1.82, 2.24) is 20.3 Å². The summed E-state index contributed by atoms with van der Waals surface area (Å²) in [5.74, 6) is 1.14. The molecule has 3 rings (SSSR count). The Morgan fingerprint density at radius 1 is 1.19 bits per heavy atom. The van der Waals surface area contributed by atoms with Gasteiger partial charge in [-0.1, -0.05) is 6.07 Å². The van der Waals surface area contributed by atoms with E-state index in [9.17, 15) is 0 Å². The molecule has 0 radical (unpaired) electrons. The van der Waals surface area contributed by atoms with E-state index in [1.807, 2.05) is 32.0 Å². The quantitative estimate of drug-likeness (QED) is 0.608. The molecule has 0 fully saturated rings. The van der Waals surface area contributed by atoms with E-state index in [0.29, 0.717) is 33.5 Å². The molecule has 0 aliphatic rings. The SMILES string of the molecule is CCNC(=S)Nc1ccc2ncc(Nc3ccc(C)c(C#N)c3)nc2n1. The van der Waals surface area contributed by atoms with Gasteiger partial charge in [-0.2, -0.15) is 5.26 Å². The van der Waals surface area contributed by atoms with Crippen LogP contribution in [-0.4, -0.2) is 26.6 Å². The van der Waals surface area contributed by atoms with Crippen LogP contribution in [0.5, 0.6) is 0 Å². The van der Waals surface area contributed by atoms with Gasteiger partial charge in [0.25, 0.3) is 0 Å². The van der Waals surface area contributed by atoms with Crippen molar-refractivity contribution < 1.29 is 0 Å². The lowest BCUT2D eigenvalue weighted by molar-refractivity contribution is 0.978. The van der Waals surface area contributed by atoms with Crippen LogP contribution in [0.2, 0.25) is 0 Å². The Morgan fingerprint density at radius 3 is 2.77 bits per heavy atom. The molecule has 8 heteroatoms. The molecule has 2 heterocycles. The molecule has 2 aromatic heterocycles. The van der Waals surface area contributed by atoms with Crippen molar-refractivity contribution >= 4 is 45.8 Å². The van der Waals surface area contributed by atoms with Crippen molar-refractivity contribution in [2.45, 2.75) is 13.8 Å². The summed E-state index contributed by atoms with van der Waals surface area (Å²) in [6.45, 7) is 4.59. The maximum absolute atomic E-state index is 9.15. The fourth-order valence-electron chi connectivity index (χ4n) is 2.32. The summed E-state index contributed by atoms with van der Waals surface area (Å²) in [7, 11) is 0. The lowest BCUT2D eigenvalue weighted by Gasteiger charge is -2.09. The van der Waals surface area contributed by atoms with Crippen LogP contribution in [0.15, 0.2) is 36.5 Å². The van der Waals surface area contributed by atoms with Crippen LogP contribution in [0.25, 0.3) is 11.2 Å². The van der Waals surface area contributed by atoms with Crippen LogP contribution in [0.3, 0.4) is 0 Å². The van der Waals surface area contributed by atoms with Crippen LogP contribution in [0.1, 0.15) is 18.1 Å². The summed E-state index contributed by atoms with van der Waals surface area (Å²) in [6, 6.07) is 11.4. The zero-order valence-corrected chi connectivity index (χ0v) is 15.2. The zero-order chi connectivity index (χ0) is 18.5. The number of nitrogens with zero attached hydrogens (tertiary/aromatic N) is 4. The summed E-state index contributed by atoms with van der Waals surface area (Å²) in [6.07, 6.45) is 1.63. The highest BCUT2D eigenvalue weighted by Gasteiger charge is 2.06. The van der Waals surface area contributed by atoms with E-state index in [2.05, 4.69) is 37.0 Å². The minimum atomic E-state index is 0.493. The molecule has 0 aliphatic heterocycles. The molecule has 130 valence electrons. The molecule has 0 amide bonds. The number of benzene rings is 1. The zero-order valence-electron chi connectivity index (χ0n) is 14.4. The van der Waals surface area contributed by atoms with E-state index in [1.165, 1.54) is 0 Å². The third-order valence-corrected chi connectivity index (χ3v) is 3.86. The number of fused-ring (bicyclic) bond motifs is 1. The lowest BCUT2D eigenvalue weighted by atomic mass is 10.1. The van der Waals surface area contributed by atoms with Gasteiger partial charge in [-0.3, -0.25) is 0 Å². The van der Waals surface area contributed by atoms with Crippen LogP contribution in [0, 0.1) is 18.3 Å². The third kappa shape index (κ3) is 4.02. The number of nitriles is 1. The van der Waals surface area contributed by atoms with Gasteiger partial charge < -0.3 is 16.0 Å². The summed E-state index contributed by atoms with van der Waals surface area (Å²) in [5.41, 5.74) is 3.48. The molecule has 1 aromatic carbocycles. The Labute approximate surface area is 156 Å². The maximum Gasteiger partial charge on any atom is 0.182 e. The first-order chi connectivity index (χ1) is 12.6. The van der Waals surface area contributed by atoms with Crippen LogP contribution in [-0.2, 0) is 0 Å². The average molecular weight is 363 g/mol. The van der Waals surface area contributed by atoms with Crippen LogP contribution in [0.4, 0.5) is 17.3 Å². The second kappa shape index (κ2) is 7.72. The monoisotopic (exact) mass is 363 g/mol. The van der Waals surface area contributed by atoms with Gasteiger partial charge in [0.05, 0.1) is 17.8 Å². The summed E-state index contributed by atoms with van der Waals surface area (Å²) >= 11 is 5.17. The average Bonchev–Trinajstić information content (AvgIpc) is 2.63. The van der Waals surface area contributed by atoms with E-state index >= 15 is 0 Å². The minimum Gasteiger partial charge on any atom is -0.363 e. The van der Waals surface area contributed by atoms with E-state index in [0.717, 1.165) is 17.8 Å². The van der Waals surface area contributed by atoms with Crippen LogP contribution >= 0.6 is 12.2 Å². The molecule has 0 bridgehead atoms. The number of aryl methyl sites for hydroxylation is 1. The number of anilines is 3. The van der Waals surface area contributed by atoms with E-state index in [4.69, 9.17) is 17.5 Å². The number of nitrogens with one attached hydrogen (secondary N) is 3. The summed E-state index contributed by atoms with van der Waals surface area (Å²) < 4.78 is 0. The molecule has 26 heavy (non-hydrogen) atoms. The molecule has 7 nitrogen and oxygen atoms in total. The molecule has 0 aliphatic carbocycles. The predicted molar refractivity (Wildman–Crippen MR) is 106 cm³/mol. The summed E-state index contributed by atoms with van der Waals surface area (Å²) in [5, 5.41) is 18.8. The standard InChI is InChI=1S/C18H17N7S/c1-3-20-18(26)25-15-7-6-14-17(23-15)24-16(10-21-14)22-13-5-4-11(2)12(8-13)9-19/h4-8,10H,3H2,1-2H3,(H3,20,22,23,24,25,26). The number of aromatic nitrogens is 3. The Hall–Kier alpha value is -3.31. The minimum absolute atomic E-state index is 0.493. The Kier molecular flexibility index (Phi) is 5.20. The van der Waals surface area contributed by atoms with Gasteiger partial charge in [-0.25, -0.2) is 15.0 Å². The number of thiocarbonyl (C=S) groups is 1. The second-order valence-electron chi connectivity index (χ2n) is 5.55. The van der Waals surface area contributed by atoms with Crippen molar-refractivity contribution in [3.8, 4) is 6.07 Å². The third-order valence-electron chi connectivity index (χ3n) is 3.62. The highest BCUT2D eigenvalue weighted by molar-refractivity contribution is 7.80. The van der Waals surface area contributed by atoms with Crippen molar-refractivity contribution in [2.24, 2.45) is 0 Å². The number of rotatable bonds is 4. The van der Waals surface area contributed by atoms with E-state index in [-0.39, 0.29) is 0 Å². The van der Waals surface area contributed by atoms with Gasteiger partial charge in [0.1, 0.15) is 11.3 Å². The first-order valence-corrected chi connectivity index (χ1v) is 8.46. The van der Waals surface area contributed by atoms with E-state index in [1.54, 1.807) is 18.3 Å². The maximum atomic E-state index is 9.15. The van der Waals surface area contributed by atoms with Gasteiger partial charge in [0.15, 0.2) is 16.6 Å². The van der Waals surface area contributed by atoms with Crippen molar-refractivity contribution in [3.63, 3.8) is 0 Å². The predicted octanol–water partition coefficient (Wildman–Crippen LogP) is 3.25.